The SMILES string of the molecule is C[C@@H]1C[C@@H]([C@H](O)CC2CC(=O)NC(=O)C2)C(=O)[C@@H](C)C1O. The molecule has 21 heavy (non-hydrogen) atoms. The number of Topliss-reactive ketones (excluding diaryl/α,β-unsaturated/α-hetero) is 1. The first-order chi connectivity index (χ1) is 9.79. The van der Waals surface area contributed by atoms with Crippen molar-refractivity contribution < 1.29 is 24.6 Å². The molecule has 1 aliphatic carbocycles. The molecule has 0 aromatic carbocycles. The van der Waals surface area contributed by atoms with Crippen LogP contribution in [0.25, 0.3) is 0 Å². The number of hydrogen-bond acceptors (Lipinski definition) is 5. The summed E-state index contributed by atoms with van der Waals surface area (Å²) in [5.74, 6) is -2.03. The lowest BCUT2D eigenvalue weighted by Gasteiger charge is -2.37. The Labute approximate surface area is 123 Å². The van der Waals surface area contributed by atoms with E-state index in [0.29, 0.717) is 6.42 Å². The van der Waals surface area contributed by atoms with Crippen molar-refractivity contribution in [2.45, 2.75) is 51.7 Å². The predicted molar refractivity (Wildman–Crippen MR) is 73.9 cm³/mol. The first-order valence-corrected chi connectivity index (χ1v) is 7.52. The second kappa shape index (κ2) is 6.23. The molecule has 0 spiro atoms. The average molecular weight is 297 g/mol. The van der Waals surface area contributed by atoms with Gasteiger partial charge in [-0.05, 0) is 24.7 Å². The molecule has 1 saturated carbocycles. The number of carbonyl (C=O) groups excluding carboxylic acids is 3. The third-order valence-corrected chi connectivity index (χ3v) is 4.80. The van der Waals surface area contributed by atoms with Crippen LogP contribution in [-0.4, -0.2) is 40.0 Å². The van der Waals surface area contributed by atoms with Crippen LogP contribution < -0.4 is 5.32 Å². The van der Waals surface area contributed by atoms with Gasteiger partial charge in [-0.2, -0.15) is 0 Å². The minimum absolute atomic E-state index is 0.0476. The van der Waals surface area contributed by atoms with E-state index in [1.54, 1.807) is 6.92 Å². The molecule has 0 radical (unpaired) electrons. The van der Waals surface area contributed by atoms with Gasteiger partial charge in [-0.15, -0.1) is 0 Å². The Morgan fingerprint density at radius 1 is 1.19 bits per heavy atom. The third-order valence-electron chi connectivity index (χ3n) is 4.80. The summed E-state index contributed by atoms with van der Waals surface area (Å²) < 4.78 is 0. The number of imide groups is 1. The highest BCUT2D eigenvalue weighted by molar-refractivity contribution is 5.97. The van der Waals surface area contributed by atoms with Crippen LogP contribution in [0.1, 0.15) is 39.5 Å². The normalized spacial score (nSPS) is 36.5. The molecule has 1 saturated heterocycles. The van der Waals surface area contributed by atoms with Gasteiger partial charge in [-0.3, -0.25) is 19.7 Å². The molecule has 2 amide bonds. The maximum absolute atomic E-state index is 12.2. The summed E-state index contributed by atoms with van der Waals surface area (Å²) in [6.07, 6.45) is -0.403. The van der Waals surface area contributed by atoms with E-state index in [1.807, 2.05) is 6.92 Å². The van der Waals surface area contributed by atoms with Crippen molar-refractivity contribution in [1.29, 1.82) is 0 Å². The Morgan fingerprint density at radius 2 is 1.76 bits per heavy atom. The standard InChI is InChI=1S/C15H23NO5/c1-7-3-10(15(21)8(2)14(7)20)11(17)4-9-5-12(18)16-13(19)6-9/h7-11,14,17,20H,3-6H2,1-2H3,(H,16,18,19)/t7-,8+,10+,11-,14?/m1/s1. The molecule has 2 aliphatic rings. The van der Waals surface area contributed by atoms with Gasteiger partial charge >= 0.3 is 0 Å². The molecule has 0 aromatic heterocycles. The van der Waals surface area contributed by atoms with Gasteiger partial charge in [0.2, 0.25) is 11.8 Å². The zero-order valence-electron chi connectivity index (χ0n) is 12.4. The lowest BCUT2D eigenvalue weighted by Crippen LogP contribution is -2.47. The molecule has 1 aliphatic heterocycles. The fourth-order valence-electron chi connectivity index (χ4n) is 3.53. The first kappa shape index (κ1) is 16.1. The number of amides is 2. The highest BCUT2D eigenvalue weighted by atomic mass is 16.3. The van der Waals surface area contributed by atoms with Gasteiger partial charge in [0, 0.05) is 24.7 Å². The average Bonchev–Trinajstić information content (AvgIpc) is 2.39. The minimum Gasteiger partial charge on any atom is -0.392 e. The van der Waals surface area contributed by atoms with E-state index in [4.69, 9.17) is 0 Å². The summed E-state index contributed by atoms with van der Waals surface area (Å²) in [5.41, 5.74) is 0. The van der Waals surface area contributed by atoms with E-state index in [-0.39, 0.29) is 48.7 Å². The molecule has 2 fully saturated rings. The molecule has 118 valence electrons. The van der Waals surface area contributed by atoms with Crippen molar-refractivity contribution in [2.75, 3.05) is 0 Å². The lowest BCUT2D eigenvalue weighted by atomic mass is 9.70. The number of ketones is 1. The first-order valence-electron chi connectivity index (χ1n) is 7.52. The van der Waals surface area contributed by atoms with E-state index < -0.39 is 24.0 Å². The number of piperidine rings is 1. The highest BCUT2D eigenvalue weighted by Crippen LogP contribution is 2.35. The smallest absolute Gasteiger partial charge is 0.226 e. The lowest BCUT2D eigenvalue weighted by molar-refractivity contribution is -0.142. The van der Waals surface area contributed by atoms with Gasteiger partial charge in [0.25, 0.3) is 0 Å². The van der Waals surface area contributed by atoms with Gasteiger partial charge in [-0.1, -0.05) is 13.8 Å². The van der Waals surface area contributed by atoms with Crippen molar-refractivity contribution in [3.63, 3.8) is 0 Å². The molecule has 2 rings (SSSR count). The molecular weight excluding hydrogens is 274 g/mol. The fourth-order valence-corrected chi connectivity index (χ4v) is 3.53. The number of aliphatic hydroxyl groups excluding tert-OH is 2. The Kier molecular flexibility index (Phi) is 4.78. The maximum Gasteiger partial charge on any atom is 0.226 e. The maximum atomic E-state index is 12.2. The van der Waals surface area contributed by atoms with Crippen molar-refractivity contribution >= 4 is 17.6 Å². The van der Waals surface area contributed by atoms with Crippen LogP contribution in [0.15, 0.2) is 0 Å². The Hall–Kier alpha value is -1.27. The van der Waals surface area contributed by atoms with E-state index in [1.165, 1.54) is 0 Å². The van der Waals surface area contributed by atoms with Crippen molar-refractivity contribution in [1.82, 2.24) is 5.32 Å². The predicted octanol–water partition coefficient (Wildman–Crippen LogP) is 0.0123. The van der Waals surface area contributed by atoms with Crippen LogP contribution in [0, 0.1) is 23.7 Å². The molecule has 0 bridgehead atoms. The van der Waals surface area contributed by atoms with Crippen LogP contribution in [0.5, 0.6) is 0 Å². The van der Waals surface area contributed by atoms with Gasteiger partial charge in [0.05, 0.1) is 12.2 Å². The van der Waals surface area contributed by atoms with E-state index in [0.717, 1.165) is 0 Å². The van der Waals surface area contributed by atoms with Gasteiger partial charge in [0.1, 0.15) is 5.78 Å². The Balaban J connectivity index is 1.99. The monoisotopic (exact) mass is 297 g/mol. The molecule has 1 unspecified atom stereocenters. The zero-order valence-corrected chi connectivity index (χ0v) is 12.4. The zero-order chi connectivity index (χ0) is 15.7. The van der Waals surface area contributed by atoms with Crippen LogP contribution >= 0.6 is 0 Å². The highest BCUT2D eigenvalue weighted by Gasteiger charge is 2.42. The van der Waals surface area contributed by atoms with Gasteiger partial charge < -0.3 is 10.2 Å². The number of nitrogens with one attached hydrogen (secondary N) is 1. The van der Waals surface area contributed by atoms with Crippen molar-refractivity contribution in [2.24, 2.45) is 23.7 Å². The minimum atomic E-state index is -0.862. The van der Waals surface area contributed by atoms with E-state index >= 15 is 0 Å². The molecule has 5 atom stereocenters. The molecule has 6 nitrogen and oxygen atoms in total. The number of hydrogen-bond donors (Lipinski definition) is 3. The van der Waals surface area contributed by atoms with E-state index in [9.17, 15) is 24.6 Å². The van der Waals surface area contributed by atoms with Crippen LogP contribution in [0.2, 0.25) is 0 Å². The quantitative estimate of drug-likeness (QED) is 0.637. The number of aliphatic hydroxyl groups is 2. The van der Waals surface area contributed by atoms with Crippen LogP contribution in [0.4, 0.5) is 0 Å². The molecule has 1 heterocycles. The summed E-state index contributed by atoms with van der Waals surface area (Å²) in [5, 5.41) is 22.5. The largest absolute Gasteiger partial charge is 0.392 e. The third kappa shape index (κ3) is 3.49. The van der Waals surface area contributed by atoms with Crippen LogP contribution in [0.3, 0.4) is 0 Å². The summed E-state index contributed by atoms with van der Waals surface area (Å²) in [7, 11) is 0. The van der Waals surface area contributed by atoms with Gasteiger partial charge in [-0.25, -0.2) is 0 Å². The van der Waals surface area contributed by atoms with Crippen molar-refractivity contribution in [3.8, 4) is 0 Å². The Morgan fingerprint density at radius 3 is 2.33 bits per heavy atom. The second-order valence-corrected chi connectivity index (χ2v) is 6.55. The summed E-state index contributed by atoms with van der Waals surface area (Å²) in [6, 6.07) is 0. The summed E-state index contributed by atoms with van der Waals surface area (Å²) in [4.78, 5) is 34.9. The number of rotatable bonds is 3. The van der Waals surface area contributed by atoms with Crippen molar-refractivity contribution in [3.05, 3.63) is 0 Å². The fraction of sp³-hybridized carbons (Fsp3) is 0.800. The summed E-state index contributed by atoms with van der Waals surface area (Å²) >= 11 is 0. The number of carbonyl (C=O) groups is 3. The van der Waals surface area contributed by atoms with E-state index in [2.05, 4.69) is 5.32 Å². The molecular formula is C15H23NO5. The molecule has 0 aromatic rings. The van der Waals surface area contributed by atoms with Gasteiger partial charge in [0.15, 0.2) is 0 Å². The van der Waals surface area contributed by atoms with Crippen LogP contribution in [-0.2, 0) is 14.4 Å². The topological polar surface area (TPSA) is 104 Å². The summed E-state index contributed by atoms with van der Waals surface area (Å²) in [6.45, 7) is 3.55. The second-order valence-electron chi connectivity index (χ2n) is 6.55. The molecule has 3 N–H and O–H groups in total. The molecule has 6 heteroatoms. The Bertz CT molecular complexity index is 433.